The number of carbonyl (C=O) groups excluding carboxylic acids is 2. The lowest BCUT2D eigenvalue weighted by molar-refractivity contribution is -0.133. The molecular formula is C29H39N5O4. The van der Waals surface area contributed by atoms with E-state index in [0.29, 0.717) is 32.7 Å². The molecule has 0 unspecified atom stereocenters. The van der Waals surface area contributed by atoms with Crippen LogP contribution in [0.2, 0.25) is 0 Å². The van der Waals surface area contributed by atoms with E-state index in [-0.39, 0.29) is 30.6 Å². The number of benzene rings is 2. The van der Waals surface area contributed by atoms with Crippen LogP contribution in [0.3, 0.4) is 0 Å². The summed E-state index contributed by atoms with van der Waals surface area (Å²) < 4.78 is 10.7. The zero-order valence-electron chi connectivity index (χ0n) is 22.9. The third-order valence-electron chi connectivity index (χ3n) is 6.87. The summed E-state index contributed by atoms with van der Waals surface area (Å²) in [6, 6.07) is 15.4. The van der Waals surface area contributed by atoms with Crippen LogP contribution < -0.4 is 10.1 Å². The number of rotatable bonds is 9. The summed E-state index contributed by atoms with van der Waals surface area (Å²) in [4.78, 5) is 30.7. The highest BCUT2D eigenvalue weighted by Crippen LogP contribution is 2.33. The number of morpholine rings is 1. The molecule has 2 heterocycles. The van der Waals surface area contributed by atoms with Crippen molar-refractivity contribution in [1.82, 2.24) is 20.1 Å². The summed E-state index contributed by atoms with van der Waals surface area (Å²) in [5.41, 5.74) is 3.95. The zero-order valence-corrected chi connectivity index (χ0v) is 22.9. The highest BCUT2D eigenvalue weighted by molar-refractivity contribution is 6.03. The Kier molecular flexibility index (Phi) is 9.36. The number of hydrogen-bond acceptors (Lipinski definition) is 6. The van der Waals surface area contributed by atoms with Crippen LogP contribution in [0.4, 0.5) is 4.79 Å². The number of amides is 3. The van der Waals surface area contributed by atoms with Crippen molar-refractivity contribution in [3.05, 3.63) is 65.2 Å². The van der Waals surface area contributed by atoms with Gasteiger partial charge < -0.3 is 19.7 Å². The first-order chi connectivity index (χ1) is 18.3. The standard InChI is InChI=1S/C29H39N5O4/c1-21(2)30-29(36)33(14-13-32-15-17-38-18-16-32)20-28(35)34-27(24-7-5-22(3)6-8-24)19-26(31-34)23-9-11-25(37-4)12-10-23/h5-12,21,27H,13-20H2,1-4H3,(H,30,36)/t27-/m0/s1. The monoisotopic (exact) mass is 521 g/mol. The molecule has 204 valence electrons. The molecule has 1 saturated heterocycles. The fourth-order valence-corrected chi connectivity index (χ4v) is 4.66. The van der Waals surface area contributed by atoms with Gasteiger partial charge in [-0.3, -0.25) is 9.69 Å². The maximum atomic E-state index is 13.8. The SMILES string of the molecule is COc1ccc(C2=NN(C(=O)CN(CCN3CCOCC3)C(=O)NC(C)C)[C@H](c3ccc(C)cc3)C2)cc1. The van der Waals surface area contributed by atoms with E-state index in [1.165, 1.54) is 0 Å². The molecule has 0 saturated carbocycles. The predicted octanol–water partition coefficient (Wildman–Crippen LogP) is 3.43. The molecule has 0 spiro atoms. The van der Waals surface area contributed by atoms with E-state index in [1.807, 2.05) is 57.2 Å². The topological polar surface area (TPSA) is 86.7 Å². The van der Waals surface area contributed by atoms with Crippen LogP contribution in [-0.2, 0) is 9.53 Å². The van der Waals surface area contributed by atoms with E-state index in [1.54, 1.807) is 17.0 Å². The van der Waals surface area contributed by atoms with Crippen LogP contribution in [0.15, 0.2) is 53.6 Å². The van der Waals surface area contributed by atoms with Crippen molar-refractivity contribution in [2.75, 3.05) is 53.0 Å². The number of hydrazone groups is 1. The Morgan fingerprint density at radius 1 is 1.11 bits per heavy atom. The lowest BCUT2D eigenvalue weighted by atomic mass is 9.97. The number of hydrogen-bond donors (Lipinski definition) is 1. The molecule has 0 bridgehead atoms. The maximum Gasteiger partial charge on any atom is 0.318 e. The van der Waals surface area contributed by atoms with Crippen LogP contribution in [0.1, 0.15) is 43.0 Å². The average Bonchev–Trinajstić information content (AvgIpc) is 3.37. The van der Waals surface area contributed by atoms with Crippen LogP contribution in [0.5, 0.6) is 5.75 Å². The summed E-state index contributed by atoms with van der Waals surface area (Å²) in [6.07, 6.45) is 0.590. The molecule has 0 aromatic heterocycles. The van der Waals surface area contributed by atoms with Gasteiger partial charge in [-0.1, -0.05) is 29.8 Å². The van der Waals surface area contributed by atoms with Gasteiger partial charge in [0.25, 0.3) is 5.91 Å². The first-order valence-electron chi connectivity index (χ1n) is 13.3. The zero-order chi connectivity index (χ0) is 27.1. The molecule has 1 atom stereocenters. The molecule has 4 rings (SSSR count). The summed E-state index contributed by atoms with van der Waals surface area (Å²) in [6.45, 7) is 9.98. The minimum absolute atomic E-state index is 0.0322. The van der Waals surface area contributed by atoms with E-state index in [0.717, 1.165) is 41.2 Å². The molecule has 9 nitrogen and oxygen atoms in total. The van der Waals surface area contributed by atoms with Gasteiger partial charge in [0.15, 0.2) is 0 Å². The Balaban J connectivity index is 1.55. The lowest BCUT2D eigenvalue weighted by Crippen LogP contribution is -2.50. The molecule has 2 aromatic rings. The fourth-order valence-electron chi connectivity index (χ4n) is 4.66. The Bertz CT molecular complexity index is 1110. The van der Waals surface area contributed by atoms with Gasteiger partial charge in [-0.05, 0) is 56.2 Å². The fraction of sp³-hybridized carbons (Fsp3) is 0.483. The van der Waals surface area contributed by atoms with E-state index in [2.05, 4.69) is 22.3 Å². The minimum atomic E-state index is -0.243. The van der Waals surface area contributed by atoms with Gasteiger partial charge in [-0.25, -0.2) is 9.80 Å². The summed E-state index contributed by atoms with van der Waals surface area (Å²) >= 11 is 0. The van der Waals surface area contributed by atoms with Gasteiger partial charge in [0.1, 0.15) is 12.3 Å². The van der Waals surface area contributed by atoms with Crippen molar-refractivity contribution in [3.8, 4) is 5.75 Å². The second-order valence-electron chi connectivity index (χ2n) is 10.1. The molecule has 0 aliphatic carbocycles. The van der Waals surface area contributed by atoms with Crippen molar-refractivity contribution < 1.29 is 19.1 Å². The molecule has 2 aliphatic rings. The molecule has 9 heteroatoms. The molecule has 1 N–H and O–H groups in total. The lowest BCUT2D eigenvalue weighted by Gasteiger charge is -2.31. The summed E-state index contributed by atoms with van der Waals surface area (Å²) in [5, 5.41) is 9.30. The quantitative estimate of drug-likeness (QED) is 0.546. The van der Waals surface area contributed by atoms with Crippen molar-refractivity contribution in [2.45, 2.75) is 39.3 Å². The average molecular weight is 522 g/mol. The van der Waals surface area contributed by atoms with E-state index >= 15 is 0 Å². The van der Waals surface area contributed by atoms with Gasteiger partial charge >= 0.3 is 6.03 Å². The largest absolute Gasteiger partial charge is 0.497 e. The Labute approximate surface area is 225 Å². The third kappa shape index (κ3) is 7.11. The highest BCUT2D eigenvalue weighted by atomic mass is 16.5. The van der Waals surface area contributed by atoms with Gasteiger partial charge in [-0.15, -0.1) is 0 Å². The number of carbonyl (C=O) groups is 2. The van der Waals surface area contributed by atoms with Crippen molar-refractivity contribution in [1.29, 1.82) is 0 Å². The number of nitrogens with zero attached hydrogens (tertiary/aromatic N) is 4. The van der Waals surface area contributed by atoms with E-state index in [9.17, 15) is 9.59 Å². The number of nitrogens with one attached hydrogen (secondary N) is 1. The van der Waals surface area contributed by atoms with Crippen LogP contribution in [-0.4, -0.2) is 91.5 Å². The summed E-state index contributed by atoms with van der Waals surface area (Å²) in [7, 11) is 1.64. The van der Waals surface area contributed by atoms with Gasteiger partial charge in [-0.2, -0.15) is 5.10 Å². The Hall–Kier alpha value is -3.43. The van der Waals surface area contributed by atoms with Crippen molar-refractivity contribution in [3.63, 3.8) is 0 Å². The Morgan fingerprint density at radius 2 is 1.79 bits per heavy atom. The molecule has 38 heavy (non-hydrogen) atoms. The smallest absolute Gasteiger partial charge is 0.318 e. The maximum absolute atomic E-state index is 13.8. The molecule has 2 aromatic carbocycles. The first-order valence-corrected chi connectivity index (χ1v) is 13.3. The predicted molar refractivity (Wildman–Crippen MR) is 147 cm³/mol. The molecule has 3 amide bonds. The van der Waals surface area contributed by atoms with Gasteiger partial charge in [0, 0.05) is 38.6 Å². The van der Waals surface area contributed by atoms with Gasteiger partial charge in [0.2, 0.25) is 0 Å². The van der Waals surface area contributed by atoms with Crippen molar-refractivity contribution in [2.24, 2.45) is 5.10 Å². The molecule has 0 radical (unpaired) electrons. The van der Waals surface area contributed by atoms with Gasteiger partial charge in [0.05, 0.1) is 32.1 Å². The normalized spacial score (nSPS) is 17.9. The first kappa shape index (κ1) is 27.6. The second kappa shape index (κ2) is 12.9. The molecule has 2 aliphatic heterocycles. The Morgan fingerprint density at radius 3 is 2.42 bits per heavy atom. The van der Waals surface area contributed by atoms with Crippen LogP contribution in [0, 0.1) is 6.92 Å². The number of ether oxygens (including phenoxy) is 2. The highest BCUT2D eigenvalue weighted by Gasteiger charge is 2.34. The number of methoxy groups -OCH3 is 1. The van der Waals surface area contributed by atoms with Crippen LogP contribution in [0.25, 0.3) is 0 Å². The summed E-state index contributed by atoms with van der Waals surface area (Å²) in [5.74, 6) is 0.558. The molecular weight excluding hydrogens is 482 g/mol. The molecule has 1 fully saturated rings. The minimum Gasteiger partial charge on any atom is -0.497 e. The van der Waals surface area contributed by atoms with E-state index in [4.69, 9.17) is 14.6 Å². The second-order valence-corrected chi connectivity index (χ2v) is 10.1. The van der Waals surface area contributed by atoms with Crippen molar-refractivity contribution >= 4 is 17.6 Å². The van der Waals surface area contributed by atoms with E-state index < -0.39 is 0 Å². The number of aryl methyl sites for hydroxylation is 1. The van der Waals surface area contributed by atoms with Crippen LogP contribution >= 0.6 is 0 Å². The third-order valence-corrected chi connectivity index (χ3v) is 6.87. The number of urea groups is 1.